The molecule has 6 nitrogen and oxygen atoms in total. The predicted molar refractivity (Wildman–Crippen MR) is 84.0 cm³/mol. The van der Waals surface area contributed by atoms with Gasteiger partial charge in [0.1, 0.15) is 6.10 Å². The van der Waals surface area contributed by atoms with Gasteiger partial charge in [0.05, 0.1) is 25.4 Å². The van der Waals surface area contributed by atoms with Crippen molar-refractivity contribution < 1.29 is 9.53 Å². The van der Waals surface area contributed by atoms with Gasteiger partial charge in [-0.3, -0.25) is 9.48 Å². The van der Waals surface area contributed by atoms with Crippen molar-refractivity contribution in [2.24, 2.45) is 7.05 Å². The second kappa shape index (κ2) is 7.98. The lowest BCUT2D eigenvalue weighted by molar-refractivity contribution is -0.140. The molecule has 0 bridgehead atoms. The van der Waals surface area contributed by atoms with E-state index < -0.39 is 0 Å². The summed E-state index contributed by atoms with van der Waals surface area (Å²) in [5.41, 5.74) is 1.04. The molecule has 2 saturated heterocycles. The van der Waals surface area contributed by atoms with Gasteiger partial charge in [0, 0.05) is 25.4 Å². The third kappa shape index (κ3) is 4.10. The van der Waals surface area contributed by atoms with Crippen molar-refractivity contribution in [2.75, 3.05) is 26.2 Å². The Kier molecular flexibility index (Phi) is 6.93. The van der Waals surface area contributed by atoms with Crippen LogP contribution in [0, 0.1) is 0 Å². The lowest BCUT2D eigenvalue weighted by atomic mass is 10.1. The Bertz CT molecular complexity index is 463. The fourth-order valence-electron chi connectivity index (χ4n) is 2.77. The van der Waals surface area contributed by atoms with Crippen LogP contribution in [0.15, 0.2) is 12.4 Å². The zero-order valence-electron chi connectivity index (χ0n) is 12.0. The lowest BCUT2D eigenvalue weighted by Gasteiger charge is -2.34. The van der Waals surface area contributed by atoms with Gasteiger partial charge in [0.15, 0.2) is 0 Å². The molecule has 0 aromatic carbocycles. The minimum Gasteiger partial charge on any atom is -0.370 e. The number of ether oxygens (including phenoxy) is 1. The van der Waals surface area contributed by atoms with E-state index in [0.717, 1.165) is 24.9 Å². The van der Waals surface area contributed by atoms with Crippen LogP contribution in [-0.4, -0.2) is 52.9 Å². The number of hydrogen-bond donors (Lipinski definition) is 1. The van der Waals surface area contributed by atoms with Crippen LogP contribution in [0.3, 0.4) is 0 Å². The van der Waals surface area contributed by atoms with Crippen LogP contribution in [0.1, 0.15) is 24.5 Å². The van der Waals surface area contributed by atoms with Crippen molar-refractivity contribution >= 4 is 30.7 Å². The number of aromatic nitrogens is 2. The first-order chi connectivity index (χ1) is 9.24. The number of halogens is 2. The first-order valence-corrected chi connectivity index (χ1v) is 6.86. The zero-order valence-corrected chi connectivity index (χ0v) is 13.7. The highest BCUT2D eigenvalue weighted by Gasteiger charge is 2.31. The molecule has 0 radical (unpaired) electrons. The van der Waals surface area contributed by atoms with Crippen molar-refractivity contribution in [3.63, 3.8) is 0 Å². The molecule has 2 unspecified atom stereocenters. The molecular weight excluding hydrogens is 315 g/mol. The molecule has 2 aliphatic heterocycles. The minimum atomic E-state index is -0.0483. The lowest BCUT2D eigenvalue weighted by Crippen LogP contribution is -2.49. The summed E-state index contributed by atoms with van der Waals surface area (Å²) in [5, 5.41) is 7.42. The van der Waals surface area contributed by atoms with E-state index in [1.54, 1.807) is 4.68 Å². The summed E-state index contributed by atoms with van der Waals surface area (Å²) < 4.78 is 7.51. The number of rotatable bonds is 2. The van der Waals surface area contributed by atoms with Crippen LogP contribution in [0.2, 0.25) is 0 Å². The molecule has 0 spiro atoms. The van der Waals surface area contributed by atoms with Gasteiger partial charge in [-0.1, -0.05) is 0 Å². The molecule has 21 heavy (non-hydrogen) atoms. The van der Waals surface area contributed by atoms with E-state index >= 15 is 0 Å². The summed E-state index contributed by atoms with van der Waals surface area (Å²) in [5.74, 6) is 0.217. The maximum Gasteiger partial charge on any atom is 0.239 e. The number of nitrogens with zero attached hydrogens (tertiary/aromatic N) is 3. The van der Waals surface area contributed by atoms with E-state index in [1.165, 1.54) is 0 Å². The maximum atomic E-state index is 12.4. The van der Waals surface area contributed by atoms with E-state index in [-0.39, 0.29) is 42.9 Å². The van der Waals surface area contributed by atoms with E-state index in [9.17, 15) is 4.79 Å². The summed E-state index contributed by atoms with van der Waals surface area (Å²) in [7, 11) is 1.89. The van der Waals surface area contributed by atoms with Crippen LogP contribution in [0.4, 0.5) is 0 Å². The molecule has 1 N–H and O–H groups in total. The number of carbonyl (C=O) groups excluding carboxylic acids is 1. The predicted octanol–water partition coefficient (Wildman–Crippen LogP) is 0.916. The maximum absolute atomic E-state index is 12.4. The fraction of sp³-hybridized carbons (Fsp3) is 0.692. The van der Waals surface area contributed by atoms with E-state index in [1.807, 2.05) is 24.3 Å². The van der Waals surface area contributed by atoms with Crippen molar-refractivity contribution in [3.8, 4) is 0 Å². The quantitative estimate of drug-likeness (QED) is 0.872. The number of hydrogen-bond acceptors (Lipinski definition) is 4. The average Bonchev–Trinajstić information content (AvgIpc) is 3.09. The number of nitrogens with one attached hydrogen (secondary N) is 1. The third-order valence-electron chi connectivity index (χ3n) is 3.83. The summed E-state index contributed by atoms with van der Waals surface area (Å²) in [6.45, 7) is 2.86. The fourth-order valence-corrected chi connectivity index (χ4v) is 2.77. The Balaban J connectivity index is 0.00000110. The Morgan fingerprint density at radius 2 is 2.29 bits per heavy atom. The van der Waals surface area contributed by atoms with Crippen molar-refractivity contribution in [2.45, 2.75) is 25.0 Å². The number of carbonyl (C=O) groups is 1. The van der Waals surface area contributed by atoms with Gasteiger partial charge in [0.25, 0.3) is 0 Å². The first-order valence-electron chi connectivity index (χ1n) is 6.86. The molecule has 120 valence electrons. The zero-order chi connectivity index (χ0) is 13.2. The van der Waals surface area contributed by atoms with Gasteiger partial charge in [-0.25, -0.2) is 0 Å². The summed E-state index contributed by atoms with van der Waals surface area (Å²) in [4.78, 5) is 14.3. The number of amides is 1. The smallest absolute Gasteiger partial charge is 0.239 e. The molecule has 2 fully saturated rings. The van der Waals surface area contributed by atoms with Crippen molar-refractivity contribution in [3.05, 3.63) is 18.0 Å². The second-order valence-electron chi connectivity index (χ2n) is 5.24. The second-order valence-corrected chi connectivity index (χ2v) is 5.24. The van der Waals surface area contributed by atoms with Gasteiger partial charge in [-0.15, -0.1) is 24.8 Å². The molecule has 3 heterocycles. The highest BCUT2D eigenvalue weighted by molar-refractivity contribution is 5.85. The van der Waals surface area contributed by atoms with Crippen LogP contribution in [0.25, 0.3) is 0 Å². The minimum absolute atomic E-state index is 0. The van der Waals surface area contributed by atoms with Crippen molar-refractivity contribution in [1.29, 1.82) is 0 Å². The molecule has 8 heteroatoms. The van der Waals surface area contributed by atoms with Crippen LogP contribution < -0.4 is 5.32 Å². The average molecular weight is 337 g/mol. The van der Waals surface area contributed by atoms with Crippen LogP contribution >= 0.6 is 24.8 Å². The number of aryl methyl sites for hydroxylation is 1. The normalized spacial score (nSPS) is 25.1. The molecule has 1 aromatic rings. The summed E-state index contributed by atoms with van der Waals surface area (Å²) in [6.07, 6.45) is 5.76. The summed E-state index contributed by atoms with van der Waals surface area (Å²) in [6, 6.07) is 0.00708. The Hall–Kier alpha value is -0.820. The van der Waals surface area contributed by atoms with Gasteiger partial charge in [0.2, 0.25) is 5.91 Å². The van der Waals surface area contributed by atoms with Crippen molar-refractivity contribution in [1.82, 2.24) is 20.0 Å². The largest absolute Gasteiger partial charge is 0.370 e. The molecular formula is C13H22Cl2N4O2. The molecule has 0 saturated carbocycles. The van der Waals surface area contributed by atoms with Gasteiger partial charge >= 0.3 is 0 Å². The molecule has 1 amide bonds. The van der Waals surface area contributed by atoms with Gasteiger partial charge < -0.3 is 15.0 Å². The van der Waals surface area contributed by atoms with E-state index in [4.69, 9.17) is 4.74 Å². The Morgan fingerprint density at radius 3 is 2.90 bits per heavy atom. The first kappa shape index (κ1) is 18.2. The molecule has 2 aliphatic rings. The Morgan fingerprint density at radius 1 is 1.48 bits per heavy atom. The topological polar surface area (TPSA) is 59.4 Å². The molecule has 1 aromatic heterocycles. The monoisotopic (exact) mass is 336 g/mol. The number of morpholine rings is 1. The highest BCUT2D eigenvalue weighted by atomic mass is 35.5. The van der Waals surface area contributed by atoms with Gasteiger partial charge in [-0.2, -0.15) is 5.10 Å². The highest BCUT2D eigenvalue weighted by Crippen LogP contribution is 2.22. The molecule has 2 atom stereocenters. The standard InChI is InChI=1S/C13H20N4O2.2ClH/c1-16-8-10(7-15-16)12-9-17(5-6-19-12)13(18)11-3-2-4-14-11;;/h7-8,11-12,14H,2-6,9H2,1H3;2*1H. The Labute approximate surface area is 137 Å². The summed E-state index contributed by atoms with van der Waals surface area (Å²) >= 11 is 0. The van der Waals surface area contributed by atoms with E-state index in [0.29, 0.717) is 19.7 Å². The van der Waals surface area contributed by atoms with Crippen LogP contribution in [0.5, 0.6) is 0 Å². The van der Waals surface area contributed by atoms with Gasteiger partial charge in [-0.05, 0) is 19.4 Å². The molecule has 3 rings (SSSR count). The molecule has 0 aliphatic carbocycles. The third-order valence-corrected chi connectivity index (χ3v) is 3.83. The van der Waals surface area contributed by atoms with Crippen LogP contribution in [-0.2, 0) is 16.6 Å². The van der Waals surface area contributed by atoms with E-state index in [2.05, 4.69) is 10.4 Å². The SMILES string of the molecule is Cl.Cl.Cn1cc(C2CN(C(=O)C3CCCN3)CCO2)cn1.